The van der Waals surface area contributed by atoms with Crippen molar-refractivity contribution in [1.29, 1.82) is 0 Å². The van der Waals surface area contributed by atoms with E-state index in [1.165, 1.54) is 5.56 Å². The number of ether oxygens (including phenoxy) is 1. The first kappa shape index (κ1) is 22.9. The molecule has 0 fully saturated rings. The summed E-state index contributed by atoms with van der Waals surface area (Å²) in [4.78, 5) is 19.9. The van der Waals surface area contributed by atoms with Gasteiger partial charge in [-0.3, -0.25) is 4.79 Å². The first-order valence-corrected chi connectivity index (χ1v) is 12.4. The summed E-state index contributed by atoms with van der Waals surface area (Å²) in [5.74, 6) is 2.91. The summed E-state index contributed by atoms with van der Waals surface area (Å²) in [6, 6.07) is 25.6. The first-order chi connectivity index (χ1) is 17.2. The van der Waals surface area contributed by atoms with Crippen molar-refractivity contribution in [3.05, 3.63) is 101 Å². The number of aromatic amines is 1. The van der Waals surface area contributed by atoms with E-state index in [-0.39, 0.29) is 5.56 Å². The normalized spacial score (nSPS) is 11.1. The lowest BCUT2D eigenvalue weighted by Crippen LogP contribution is -2.12. The first-order valence-electron chi connectivity index (χ1n) is 11.4. The molecule has 0 aliphatic carbocycles. The van der Waals surface area contributed by atoms with E-state index in [1.54, 1.807) is 24.9 Å². The van der Waals surface area contributed by atoms with Gasteiger partial charge in [-0.25, -0.2) is 4.98 Å². The monoisotopic (exact) mass is 483 g/mol. The number of fused-ring (bicyclic) bond motifs is 1. The van der Waals surface area contributed by atoms with Crippen LogP contribution in [-0.4, -0.2) is 37.6 Å². The minimum absolute atomic E-state index is 0.111. The van der Waals surface area contributed by atoms with Crippen molar-refractivity contribution in [3.8, 4) is 17.1 Å². The maximum Gasteiger partial charge on any atom is 0.258 e. The number of H-pyrrole nitrogens is 1. The Bertz CT molecular complexity index is 1500. The number of aromatic nitrogens is 5. The van der Waals surface area contributed by atoms with E-state index < -0.39 is 0 Å². The number of benzene rings is 3. The summed E-state index contributed by atoms with van der Waals surface area (Å²) in [6.07, 6.45) is 1.47. The predicted octanol–water partition coefficient (Wildman–Crippen LogP) is 4.77. The second-order valence-electron chi connectivity index (χ2n) is 8.02. The van der Waals surface area contributed by atoms with E-state index in [4.69, 9.17) is 4.74 Å². The van der Waals surface area contributed by atoms with Gasteiger partial charge >= 0.3 is 0 Å². The van der Waals surface area contributed by atoms with E-state index >= 15 is 0 Å². The lowest BCUT2D eigenvalue weighted by Gasteiger charge is -2.12. The molecule has 5 aromatic rings. The molecule has 1 N–H and O–H groups in total. The Morgan fingerprint density at radius 3 is 2.54 bits per heavy atom. The topological polar surface area (TPSA) is 85.7 Å². The molecule has 0 unspecified atom stereocenters. The lowest BCUT2D eigenvalue weighted by atomic mass is 10.1. The Kier molecular flexibility index (Phi) is 6.90. The SMILES string of the molecule is COc1ccccc1-c1nnc(SCCc2nc3ccccc3c(=O)[nH]2)n1CCc1ccccc1. The molecule has 0 spiro atoms. The number of methoxy groups -OCH3 is 1. The second-order valence-corrected chi connectivity index (χ2v) is 9.08. The van der Waals surface area contributed by atoms with Gasteiger partial charge in [-0.15, -0.1) is 10.2 Å². The summed E-state index contributed by atoms with van der Waals surface area (Å²) in [7, 11) is 1.66. The van der Waals surface area contributed by atoms with E-state index in [0.717, 1.165) is 35.3 Å². The molecule has 7 nitrogen and oxygen atoms in total. The molecule has 5 rings (SSSR count). The fourth-order valence-electron chi connectivity index (χ4n) is 4.00. The maximum absolute atomic E-state index is 12.4. The average molecular weight is 484 g/mol. The Labute approximate surface area is 207 Å². The highest BCUT2D eigenvalue weighted by atomic mass is 32.2. The summed E-state index contributed by atoms with van der Waals surface area (Å²) in [5.41, 5.74) is 2.75. The molecule has 0 bridgehead atoms. The van der Waals surface area contributed by atoms with Gasteiger partial charge in [-0.2, -0.15) is 0 Å². The molecule has 35 heavy (non-hydrogen) atoms. The van der Waals surface area contributed by atoms with Crippen molar-refractivity contribution >= 4 is 22.7 Å². The van der Waals surface area contributed by atoms with Gasteiger partial charge in [0.2, 0.25) is 0 Å². The number of thioether (sulfide) groups is 1. The Morgan fingerprint density at radius 1 is 0.914 bits per heavy atom. The fraction of sp³-hybridized carbons (Fsp3) is 0.185. The number of hydrogen-bond donors (Lipinski definition) is 1. The number of nitrogens with one attached hydrogen (secondary N) is 1. The smallest absolute Gasteiger partial charge is 0.258 e. The van der Waals surface area contributed by atoms with Gasteiger partial charge in [0, 0.05) is 18.7 Å². The molecule has 0 aliphatic heterocycles. The van der Waals surface area contributed by atoms with Crippen molar-refractivity contribution in [2.45, 2.75) is 24.5 Å². The summed E-state index contributed by atoms with van der Waals surface area (Å²) in [5, 5.41) is 10.5. The highest BCUT2D eigenvalue weighted by Gasteiger charge is 2.17. The third-order valence-corrected chi connectivity index (χ3v) is 6.73. The van der Waals surface area contributed by atoms with Crippen LogP contribution in [0.15, 0.2) is 88.8 Å². The van der Waals surface area contributed by atoms with Crippen LogP contribution in [0.4, 0.5) is 0 Å². The summed E-state index contributed by atoms with van der Waals surface area (Å²) in [6.45, 7) is 0.734. The number of aryl methyl sites for hydroxylation is 2. The van der Waals surface area contributed by atoms with Crippen LogP contribution < -0.4 is 10.3 Å². The molecular weight excluding hydrogens is 458 g/mol. The van der Waals surface area contributed by atoms with Gasteiger partial charge in [0.1, 0.15) is 11.6 Å². The molecule has 2 aromatic heterocycles. The molecule has 0 atom stereocenters. The zero-order valence-electron chi connectivity index (χ0n) is 19.3. The highest BCUT2D eigenvalue weighted by Crippen LogP contribution is 2.31. The highest BCUT2D eigenvalue weighted by molar-refractivity contribution is 7.99. The second kappa shape index (κ2) is 10.6. The quantitative estimate of drug-likeness (QED) is 0.304. The molecule has 176 valence electrons. The maximum atomic E-state index is 12.4. The van der Waals surface area contributed by atoms with Crippen LogP contribution in [0.5, 0.6) is 5.75 Å². The van der Waals surface area contributed by atoms with E-state index in [1.807, 2.05) is 48.5 Å². The molecule has 0 saturated heterocycles. The van der Waals surface area contributed by atoms with Crippen LogP contribution in [0.25, 0.3) is 22.3 Å². The zero-order chi connectivity index (χ0) is 24.0. The van der Waals surface area contributed by atoms with Crippen molar-refractivity contribution in [3.63, 3.8) is 0 Å². The van der Waals surface area contributed by atoms with Crippen LogP contribution in [-0.2, 0) is 19.4 Å². The van der Waals surface area contributed by atoms with E-state index in [0.29, 0.717) is 28.9 Å². The molecule has 0 aliphatic rings. The number of rotatable bonds is 9. The largest absolute Gasteiger partial charge is 0.496 e. The molecular formula is C27H25N5O2S. The van der Waals surface area contributed by atoms with Gasteiger partial charge in [0.25, 0.3) is 5.56 Å². The van der Waals surface area contributed by atoms with Crippen LogP contribution in [0.1, 0.15) is 11.4 Å². The van der Waals surface area contributed by atoms with Gasteiger partial charge in [-0.1, -0.05) is 66.4 Å². The molecule has 0 saturated carbocycles. The predicted molar refractivity (Wildman–Crippen MR) is 139 cm³/mol. The third kappa shape index (κ3) is 5.12. The van der Waals surface area contributed by atoms with Crippen LogP contribution in [0, 0.1) is 0 Å². The molecule has 0 amide bonds. The van der Waals surface area contributed by atoms with Gasteiger partial charge < -0.3 is 14.3 Å². The van der Waals surface area contributed by atoms with Gasteiger partial charge in [-0.05, 0) is 36.2 Å². The lowest BCUT2D eigenvalue weighted by molar-refractivity contribution is 0.415. The van der Waals surface area contributed by atoms with Gasteiger partial charge in [0.05, 0.1) is 23.6 Å². The molecule has 3 aromatic carbocycles. The number of hydrogen-bond acceptors (Lipinski definition) is 6. The summed E-state index contributed by atoms with van der Waals surface area (Å²) < 4.78 is 7.73. The molecule has 0 radical (unpaired) electrons. The van der Waals surface area contributed by atoms with Crippen LogP contribution >= 0.6 is 11.8 Å². The fourth-order valence-corrected chi connectivity index (χ4v) is 4.91. The molecule has 8 heteroatoms. The molecule has 2 heterocycles. The number of para-hydroxylation sites is 2. The number of nitrogens with zero attached hydrogens (tertiary/aromatic N) is 4. The van der Waals surface area contributed by atoms with Crippen molar-refractivity contribution in [1.82, 2.24) is 24.7 Å². The Balaban J connectivity index is 1.39. The average Bonchev–Trinajstić information content (AvgIpc) is 3.30. The van der Waals surface area contributed by atoms with Crippen LogP contribution in [0.2, 0.25) is 0 Å². The minimum atomic E-state index is -0.111. The summed E-state index contributed by atoms with van der Waals surface area (Å²) >= 11 is 1.60. The van der Waals surface area contributed by atoms with E-state index in [2.05, 4.69) is 49.0 Å². The van der Waals surface area contributed by atoms with Gasteiger partial charge in [0.15, 0.2) is 11.0 Å². The van der Waals surface area contributed by atoms with Crippen molar-refractivity contribution < 1.29 is 4.74 Å². The Hall–Kier alpha value is -3.91. The third-order valence-electron chi connectivity index (χ3n) is 5.76. The minimum Gasteiger partial charge on any atom is -0.496 e. The van der Waals surface area contributed by atoms with Crippen molar-refractivity contribution in [2.75, 3.05) is 12.9 Å². The zero-order valence-corrected chi connectivity index (χ0v) is 20.2. The van der Waals surface area contributed by atoms with E-state index in [9.17, 15) is 4.79 Å². The van der Waals surface area contributed by atoms with Crippen LogP contribution in [0.3, 0.4) is 0 Å². The van der Waals surface area contributed by atoms with Crippen molar-refractivity contribution in [2.24, 2.45) is 0 Å². The standard InChI is InChI=1S/C27H25N5O2S/c1-34-23-14-8-6-12-21(23)25-30-31-27(32(25)17-15-19-9-3-2-4-10-19)35-18-16-24-28-22-13-7-5-11-20(22)26(33)29-24/h2-14H,15-18H2,1H3,(H,28,29,33). The Morgan fingerprint density at radius 2 is 1.69 bits per heavy atom.